The van der Waals surface area contributed by atoms with Crippen LogP contribution in [-0.2, 0) is 6.42 Å². The third-order valence-electron chi connectivity index (χ3n) is 2.83. The maximum absolute atomic E-state index is 13.1. The summed E-state index contributed by atoms with van der Waals surface area (Å²) in [5.74, 6) is 6.18. The number of halogens is 2. The van der Waals surface area contributed by atoms with E-state index < -0.39 is 0 Å². The van der Waals surface area contributed by atoms with E-state index in [-0.39, 0.29) is 11.9 Å². The summed E-state index contributed by atoms with van der Waals surface area (Å²) >= 11 is 4.95. The molecule has 0 aliphatic rings. The van der Waals surface area contributed by atoms with E-state index >= 15 is 0 Å². The number of nitrogens with one attached hydrogen (secondary N) is 1. The molecule has 1 unspecified atom stereocenters. The Morgan fingerprint density at radius 1 is 1.47 bits per heavy atom. The Labute approximate surface area is 123 Å². The number of hydrazine groups is 1. The topological polar surface area (TPSA) is 47.3 Å². The molecule has 0 amide bonds. The number of ether oxygens (including phenoxy) is 1. The molecule has 0 aliphatic carbocycles. The van der Waals surface area contributed by atoms with Crippen molar-refractivity contribution in [1.82, 2.24) is 5.43 Å². The van der Waals surface area contributed by atoms with E-state index in [2.05, 4.69) is 21.4 Å². The Morgan fingerprint density at radius 3 is 2.89 bits per heavy atom. The molecule has 0 saturated heterocycles. The fourth-order valence-corrected chi connectivity index (χ4v) is 3.30. The van der Waals surface area contributed by atoms with E-state index in [9.17, 15) is 4.39 Å². The molecule has 0 saturated carbocycles. The van der Waals surface area contributed by atoms with Gasteiger partial charge in [0.05, 0.1) is 18.0 Å². The first-order valence-electron chi connectivity index (χ1n) is 5.67. The maximum Gasteiger partial charge on any atom is 0.134 e. The predicted octanol–water partition coefficient (Wildman–Crippen LogP) is 3.41. The van der Waals surface area contributed by atoms with Crippen LogP contribution in [0.3, 0.4) is 0 Å². The number of nitrogens with two attached hydrogens (primary N) is 1. The molecule has 1 heterocycles. The minimum Gasteiger partial charge on any atom is -0.496 e. The second kappa shape index (κ2) is 6.47. The van der Waals surface area contributed by atoms with Crippen LogP contribution < -0.4 is 16.0 Å². The largest absolute Gasteiger partial charge is 0.496 e. The smallest absolute Gasteiger partial charge is 0.134 e. The minimum atomic E-state index is -0.262. The molecule has 102 valence electrons. The van der Waals surface area contributed by atoms with Crippen LogP contribution in [0.2, 0.25) is 0 Å². The summed E-state index contributed by atoms with van der Waals surface area (Å²) in [7, 11) is 1.63. The van der Waals surface area contributed by atoms with Gasteiger partial charge in [-0.15, -0.1) is 11.3 Å². The molecular formula is C13H14BrFN2OS. The normalized spacial score (nSPS) is 12.4. The third kappa shape index (κ3) is 3.33. The Hall–Kier alpha value is -0.950. The van der Waals surface area contributed by atoms with E-state index in [1.807, 2.05) is 11.4 Å². The zero-order valence-electron chi connectivity index (χ0n) is 10.3. The SMILES string of the molecule is COc1ccsc1C(Cc1ccc(F)cc1Br)NN. The highest BCUT2D eigenvalue weighted by molar-refractivity contribution is 9.10. The lowest BCUT2D eigenvalue weighted by atomic mass is 10.0. The fourth-order valence-electron chi connectivity index (χ4n) is 1.87. The van der Waals surface area contributed by atoms with Gasteiger partial charge in [0.15, 0.2) is 0 Å². The van der Waals surface area contributed by atoms with E-state index in [4.69, 9.17) is 10.6 Å². The highest BCUT2D eigenvalue weighted by Gasteiger charge is 2.18. The summed E-state index contributed by atoms with van der Waals surface area (Å²) in [5, 5.41) is 1.96. The Kier molecular flexibility index (Phi) is 4.93. The summed E-state index contributed by atoms with van der Waals surface area (Å²) in [4.78, 5) is 1.03. The predicted molar refractivity (Wildman–Crippen MR) is 78.7 cm³/mol. The standard InChI is InChI=1S/C13H14BrFN2OS/c1-18-12-4-5-19-13(12)11(17-16)6-8-2-3-9(15)7-10(8)14/h2-5,7,11,17H,6,16H2,1H3. The van der Waals surface area contributed by atoms with Gasteiger partial charge in [0.1, 0.15) is 11.6 Å². The molecule has 6 heteroatoms. The molecule has 2 rings (SSSR count). The van der Waals surface area contributed by atoms with Gasteiger partial charge >= 0.3 is 0 Å². The first-order valence-corrected chi connectivity index (χ1v) is 7.34. The van der Waals surface area contributed by atoms with Gasteiger partial charge < -0.3 is 4.74 Å². The first-order chi connectivity index (χ1) is 9.15. The van der Waals surface area contributed by atoms with Crippen LogP contribution in [0, 0.1) is 5.82 Å². The van der Waals surface area contributed by atoms with Crippen LogP contribution in [0.5, 0.6) is 5.75 Å². The Bertz CT molecular complexity index is 561. The molecule has 1 atom stereocenters. The van der Waals surface area contributed by atoms with Gasteiger partial charge in [-0.2, -0.15) is 0 Å². The third-order valence-corrected chi connectivity index (χ3v) is 4.58. The van der Waals surface area contributed by atoms with Crippen LogP contribution in [0.25, 0.3) is 0 Å². The number of thiophene rings is 1. The van der Waals surface area contributed by atoms with Gasteiger partial charge in [0.25, 0.3) is 0 Å². The van der Waals surface area contributed by atoms with E-state index in [1.54, 1.807) is 24.5 Å². The van der Waals surface area contributed by atoms with Crippen molar-refractivity contribution in [3.8, 4) is 5.75 Å². The van der Waals surface area contributed by atoms with Crippen LogP contribution in [0.15, 0.2) is 34.1 Å². The van der Waals surface area contributed by atoms with Crippen LogP contribution in [0.4, 0.5) is 4.39 Å². The molecule has 0 aliphatic heterocycles. The molecule has 0 fully saturated rings. The first kappa shape index (κ1) is 14.5. The second-order valence-electron chi connectivity index (χ2n) is 4.01. The average Bonchev–Trinajstić information content (AvgIpc) is 2.86. The number of methoxy groups -OCH3 is 1. The molecule has 3 N–H and O–H groups in total. The number of benzene rings is 1. The van der Waals surface area contributed by atoms with Gasteiger partial charge in [-0.25, -0.2) is 4.39 Å². The van der Waals surface area contributed by atoms with Gasteiger partial charge in [-0.05, 0) is 35.6 Å². The quantitative estimate of drug-likeness (QED) is 0.645. The average molecular weight is 345 g/mol. The monoisotopic (exact) mass is 344 g/mol. The summed E-state index contributed by atoms with van der Waals surface area (Å²) in [5.41, 5.74) is 3.77. The molecule has 1 aromatic carbocycles. The maximum atomic E-state index is 13.1. The van der Waals surface area contributed by atoms with Crippen LogP contribution in [0.1, 0.15) is 16.5 Å². The molecule has 1 aromatic heterocycles. The molecule has 0 bridgehead atoms. The van der Waals surface area contributed by atoms with Crippen molar-refractivity contribution in [2.45, 2.75) is 12.5 Å². The molecule has 0 radical (unpaired) electrons. The van der Waals surface area contributed by atoms with Crippen molar-refractivity contribution in [2.75, 3.05) is 7.11 Å². The number of rotatable bonds is 5. The highest BCUT2D eigenvalue weighted by atomic mass is 79.9. The molecule has 19 heavy (non-hydrogen) atoms. The van der Waals surface area contributed by atoms with Crippen molar-refractivity contribution in [2.24, 2.45) is 5.84 Å². The highest BCUT2D eigenvalue weighted by Crippen LogP contribution is 2.33. The summed E-state index contributed by atoms with van der Waals surface area (Å²) < 4.78 is 19.1. The van der Waals surface area contributed by atoms with Crippen LogP contribution >= 0.6 is 27.3 Å². The van der Waals surface area contributed by atoms with Crippen molar-refractivity contribution in [3.63, 3.8) is 0 Å². The molecular weight excluding hydrogens is 331 g/mol. The molecule has 3 nitrogen and oxygen atoms in total. The summed E-state index contributed by atoms with van der Waals surface area (Å²) in [6, 6.07) is 6.48. The van der Waals surface area contributed by atoms with Crippen LogP contribution in [-0.4, -0.2) is 7.11 Å². The number of hydrogen-bond acceptors (Lipinski definition) is 4. The van der Waals surface area contributed by atoms with Crippen molar-refractivity contribution < 1.29 is 9.13 Å². The lowest BCUT2D eigenvalue weighted by molar-refractivity contribution is 0.403. The molecule has 0 spiro atoms. The zero-order chi connectivity index (χ0) is 13.8. The zero-order valence-corrected chi connectivity index (χ0v) is 12.7. The fraction of sp³-hybridized carbons (Fsp3) is 0.231. The van der Waals surface area contributed by atoms with Crippen molar-refractivity contribution >= 4 is 27.3 Å². The summed E-state index contributed by atoms with van der Waals surface area (Å²) in [6.07, 6.45) is 0.647. The summed E-state index contributed by atoms with van der Waals surface area (Å²) in [6.45, 7) is 0. The van der Waals surface area contributed by atoms with Crippen molar-refractivity contribution in [1.29, 1.82) is 0 Å². The number of hydrogen-bond donors (Lipinski definition) is 2. The van der Waals surface area contributed by atoms with E-state index in [0.717, 1.165) is 20.7 Å². The lowest BCUT2D eigenvalue weighted by Gasteiger charge is -2.17. The van der Waals surface area contributed by atoms with E-state index in [1.165, 1.54) is 12.1 Å². The molecule has 2 aromatic rings. The van der Waals surface area contributed by atoms with E-state index in [0.29, 0.717) is 6.42 Å². The van der Waals surface area contributed by atoms with Gasteiger partial charge in [0.2, 0.25) is 0 Å². The van der Waals surface area contributed by atoms with Crippen molar-refractivity contribution in [3.05, 3.63) is 50.4 Å². The second-order valence-corrected chi connectivity index (χ2v) is 5.81. The minimum absolute atomic E-state index is 0.0725. The Morgan fingerprint density at radius 2 is 2.26 bits per heavy atom. The Balaban J connectivity index is 2.24. The van der Waals surface area contributed by atoms with Gasteiger partial charge in [-0.1, -0.05) is 22.0 Å². The van der Waals surface area contributed by atoms with Gasteiger partial charge in [-0.3, -0.25) is 11.3 Å². The van der Waals surface area contributed by atoms with Gasteiger partial charge in [0, 0.05) is 4.47 Å². The lowest BCUT2D eigenvalue weighted by Crippen LogP contribution is -2.29.